The summed E-state index contributed by atoms with van der Waals surface area (Å²) in [4.78, 5) is 48.1. The molecule has 2 rings (SSSR count). The first-order valence-electron chi connectivity index (χ1n) is 9.02. The van der Waals surface area contributed by atoms with E-state index in [9.17, 15) is 24.3 Å². The lowest BCUT2D eigenvalue weighted by molar-refractivity contribution is -0.164. The van der Waals surface area contributed by atoms with Gasteiger partial charge in [0.05, 0.1) is 18.7 Å². The molecule has 4 atom stereocenters. The number of aliphatic hydroxyl groups excluding tert-OH is 1. The van der Waals surface area contributed by atoms with Crippen molar-refractivity contribution >= 4 is 41.0 Å². The molecule has 0 radical (unpaired) electrons. The SMILES string of the molecule is CC(=O)O[C@@H]1[C@H](OC(C)=O)[C@@H](CO)O[C@H]1c1cc(C#CCNC(=O)C(Cl)Cl)c[nH]c1=O. The highest BCUT2D eigenvalue weighted by Gasteiger charge is 2.50. The Labute approximate surface area is 187 Å². The lowest BCUT2D eigenvalue weighted by Gasteiger charge is -2.23. The first kappa shape index (κ1) is 24.7. The maximum Gasteiger partial charge on any atom is 0.303 e. The maximum atomic E-state index is 12.4. The molecule has 0 bridgehead atoms. The standard InChI is InChI=1S/C19H20Cl2N2O8/c1-9(25)29-15-13(8-24)31-14(16(15)30-10(2)26)12-6-11(7-23-18(12)27)4-3-5-22-19(28)17(20)21/h6-7,13-17,24H,5,8H2,1-2H3,(H,22,28)(H,23,27)/t13-,14+,15-,16+/m1/s1. The molecule has 0 saturated carbocycles. The van der Waals surface area contributed by atoms with Crippen LogP contribution in [-0.2, 0) is 28.6 Å². The van der Waals surface area contributed by atoms with Crippen molar-refractivity contribution in [2.75, 3.05) is 13.2 Å². The molecule has 31 heavy (non-hydrogen) atoms. The number of H-pyrrole nitrogens is 1. The molecule has 0 aromatic carbocycles. The molecule has 1 aliphatic heterocycles. The number of alkyl halides is 2. The second kappa shape index (κ2) is 11.2. The lowest BCUT2D eigenvalue weighted by Crippen LogP contribution is -2.39. The quantitative estimate of drug-likeness (QED) is 0.295. The molecule has 1 aliphatic rings. The highest BCUT2D eigenvalue weighted by atomic mass is 35.5. The van der Waals surface area contributed by atoms with Crippen LogP contribution < -0.4 is 10.9 Å². The number of hydrogen-bond acceptors (Lipinski definition) is 8. The number of amides is 1. The van der Waals surface area contributed by atoms with Crippen LogP contribution >= 0.6 is 23.2 Å². The molecule has 12 heteroatoms. The number of nitrogens with one attached hydrogen (secondary N) is 2. The first-order valence-corrected chi connectivity index (χ1v) is 9.89. The fourth-order valence-corrected chi connectivity index (χ4v) is 3.07. The minimum absolute atomic E-state index is 0.0413. The van der Waals surface area contributed by atoms with Gasteiger partial charge in [-0.3, -0.25) is 19.2 Å². The number of halogens is 2. The largest absolute Gasteiger partial charge is 0.456 e. The number of carbonyl (C=O) groups excluding carboxylic acids is 3. The molecule has 1 aromatic heterocycles. The topological polar surface area (TPSA) is 144 Å². The summed E-state index contributed by atoms with van der Waals surface area (Å²) in [5.41, 5.74) is -0.135. The van der Waals surface area contributed by atoms with Gasteiger partial charge in [0.2, 0.25) is 0 Å². The van der Waals surface area contributed by atoms with Crippen molar-refractivity contribution < 1.29 is 33.7 Å². The Morgan fingerprint density at radius 1 is 1.26 bits per heavy atom. The van der Waals surface area contributed by atoms with Crippen LogP contribution in [0.1, 0.15) is 31.1 Å². The van der Waals surface area contributed by atoms with Gasteiger partial charge in [0.15, 0.2) is 17.0 Å². The molecule has 10 nitrogen and oxygen atoms in total. The minimum atomic E-state index is -1.22. The molecule has 2 heterocycles. The third kappa shape index (κ3) is 6.70. The predicted molar refractivity (Wildman–Crippen MR) is 108 cm³/mol. The fourth-order valence-electron chi connectivity index (χ4n) is 2.92. The van der Waals surface area contributed by atoms with E-state index >= 15 is 0 Å². The van der Waals surface area contributed by atoms with Crippen molar-refractivity contribution in [1.82, 2.24) is 10.3 Å². The van der Waals surface area contributed by atoms with E-state index in [2.05, 4.69) is 22.1 Å². The van der Waals surface area contributed by atoms with E-state index in [4.69, 9.17) is 37.4 Å². The zero-order valence-electron chi connectivity index (χ0n) is 16.5. The molecule has 0 spiro atoms. The molecule has 3 N–H and O–H groups in total. The van der Waals surface area contributed by atoms with Gasteiger partial charge in [0, 0.05) is 25.6 Å². The normalized spacial score (nSPS) is 22.4. The summed E-state index contributed by atoms with van der Waals surface area (Å²) >= 11 is 10.8. The van der Waals surface area contributed by atoms with E-state index in [1.54, 1.807) is 0 Å². The van der Waals surface area contributed by atoms with E-state index < -0.39 is 59.3 Å². The Kier molecular flexibility index (Phi) is 8.88. The number of rotatable bonds is 6. The number of esters is 2. The predicted octanol–water partition coefficient (Wildman–Crippen LogP) is -0.0581. The second-order valence-corrected chi connectivity index (χ2v) is 7.52. The Hall–Kier alpha value is -2.58. The monoisotopic (exact) mass is 474 g/mol. The third-order valence-electron chi connectivity index (χ3n) is 4.11. The molecular weight excluding hydrogens is 455 g/mol. The summed E-state index contributed by atoms with van der Waals surface area (Å²) in [7, 11) is 0. The number of carbonyl (C=O) groups is 3. The van der Waals surface area contributed by atoms with Crippen molar-refractivity contribution in [3.8, 4) is 11.8 Å². The minimum Gasteiger partial charge on any atom is -0.456 e. The zero-order valence-corrected chi connectivity index (χ0v) is 18.0. The van der Waals surface area contributed by atoms with Crippen molar-refractivity contribution in [3.05, 3.63) is 33.7 Å². The zero-order chi connectivity index (χ0) is 23.1. The number of ether oxygens (including phenoxy) is 3. The highest BCUT2D eigenvalue weighted by molar-refractivity contribution is 6.53. The van der Waals surface area contributed by atoms with Crippen molar-refractivity contribution in [2.45, 2.75) is 43.1 Å². The average Bonchev–Trinajstić information content (AvgIpc) is 3.02. The van der Waals surface area contributed by atoms with Gasteiger partial charge in [-0.2, -0.15) is 0 Å². The summed E-state index contributed by atoms with van der Waals surface area (Å²) in [5.74, 6) is 3.44. The molecule has 168 valence electrons. The molecule has 1 amide bonds. The number of aromatic amines is 1. The number of aromatic nitrogens is 1. The van der Waals surface area contributed by atoms with E-state index in [1.807, 2.05) is 0 Å². The van der Waals surface area contributed by atoms with Gasteiger partial charge >= 0.3 is 11.9 Å². The summed E-state index contributed by atoms with van der Waals surface area (Å²) in [5, 5.41) is 12.0. The number of aliphatic hydroxyl groups is 1. The van der Waals surface area contributed by atoms with Crippen LogP contribution in [0.3, 0.4) is 0 Å². The van der Waals surface area contributed by atoms with Crippen LogP contribution in [0.4, 0.5) is 0 Å². The summed E-state index contributed by atoms with van der Waals surface area (Å²) in [6.45, 7) is 1.73. The molecule has 1 saturated heterocycles. The molecule has 0 aliphatic carbocycles. The van der Waals surface area contributed by atoms with E-state index in [0.717, 1.165) is 13.8 Å². The summed E-state index contributed by atoms with van der Waals surface area (Å²) in [6, 6.07) is 1.41. The van der Waals surface area contributed by atoms with E-state index in [1.165, 1.54) is 12.3 Å². The average molecular weight is 475 g/mol. The number of pyridine rings is 1. The summed E-state index contributed by atoms with van der Waals surface area (Å²) in [6.07, 6.45) is -3.06. The molecule has 1 aromatic rings. The van der Waals surface area contributed by atoms with Gasteiger partial charge in [-0.25, -0.2) is 0 Å². The smallest absolute Gasteiger partial charge is 0.303 e. The Morgan fingerprint density at radius 2 is 1.90 bits per heavy atom. The third-order valence-corrected chi connectivity index (χ3v) is 4.51. The van der Waals surface area contributed by atoms with Crippen molar-refractivity contribution in [2.24, 2.45) is 0 Å². The van der Waals surface area contributed by atoms with Gasteiger partial charge in [-0.1, -0.05) is 35.0 Å². The van der Waals surface area contributed by atoms with E-state index in [0.29, 0.717) is 5.56 Å². The molecule has 1 fully saturated rings. The van der Waals surface area contributed by atoms with Crippen molar-refractivity contribution in [3.63, 3.8) is 0 Å². The lowest BCUT2D eigenvalue weighted by atomic mass is 10.0. The summed E-state index contributed by atoms with van der Waals surface area (Å²) < 4.78 is 16.1. The van der Waals surface area contributed by atoms with Gasteiger partial charge in [0.1, 0.15) is 12.2 Å². The first-order chi connectivity index (χ1) is 14.6. The maximum absolute atomic E-state index is 12.4. The number of hydrogen-bond donors (Lipinski definition) is 3. The van der Waals surface area contributed by atoms with Crippen LogP contribution in [0.2, 0.25) is 0 Å². The fraction of sp³-hybridized carbons (Fsp3) is 0.474. The van der Waals surface area contributed by atoms with Crippen molar-refractivity contribution in [1.29, 1.82) is 0 Å². The highest BCUT2D eigenvalue weighted by Crippen LogP contribution is 2.36. The Bertz CT molecular complexity index is 952. The Morgan fingerprint density at radius 3 is 2.48 bits per heavy atom. The second-order valence-electron chi connectivity index (χ2n) is 6.42. The Balaban J connectivity index is 2.31. The van der Waals surface area contributed by atoms with Gasteiger partial charge in [-0.05, 0) is 6.07 Å². The molecule has 0 unspecified atom stereocenters. The molecular formula is C19H20Cl2N2O8. The van der Waals surface area contributed by atoms with Gasteiger partial charge in [-0.15, -0.1) is 0 Å². The van der Waals surface area contributed by atoms with Crippen LogP contribution in [0, 0.1) is 11.8 Å². The van der Waals surface area contributed by atoms with Crippen LogP contribution in [0.15, 0.2) is 17.1 Å². The van der Waals surface area contributed by atoms with E-state index in [-0.39, 0.29) is 12.1 Å². The van der Waals surface area contributed by atoms with Crippen LogP contribution in [0.25, 0.3) is 0 Å². The van der Waals surface area contributed by atoms with Crippen LogP contribution in [0.5, 0.6) is 0 Å². The van der Waals surface area contributed by atoms with Gasteiger partial charge in [0.25, 0.3) is 11.5 Å². The van der Waals surface area contributed by atoms with Gasteiger partial charge < -0.3 is 29.6 Å². The van der Waals surface area contributed by atoms with Crippen LogP contribution in [-0.4, -0.2) is 64.2 Å².